The van der Waals surface area contributed by atoms with Crippen LogP contribution in [0, 0.1) is 5.92 Å². The zero-order valence-corrected chi connectivity index (χ0v) is 18.7. The van der Waals surface area contributed by atoms with Gasteiger partial charge in [-0.1, -0.05) is 26.0 Å². The van der Waals surface area contributed by atoms with E-state index < -0.39 is 24.2 Å². The standard InChI is InChI=1S/C24H32N4O4/c1-15(2)14-18(25)23(30)28-13-10-20-21(28)24(31)27-12-3-4-19(27)22(29)26-11-9-16-5-7-17(32-20)8-6-16/h5-9,11,15,18-21H,3-4,10,12-14,25H2,1-2H3,(H,26,29)/t18-,19-,20-,21-/m0/s1. The number of hydrogen-bond donors (Lipinski definition) is 2. The van der Waals surface area contributed by atoms with Crippen LogP contribution in [0.3, 0.4) is 0 Å². The molecule has 4 heterocycles. The molecule has 8 heteroatoms. The Morgan fingerprint density at radius 2 is 1.94 bits per heavy atom. The molecule has 4 atom stereocenters. The van der Waals surface area contributed by atoms with Gasteiger partial charge in [0.05, 0.1) is 6.04 Å². The van der Waals surface area contributed by atoms with Crippen molar-refractivity contribution in [1.29, 1.82) is 0 Å². The average Bonchev–Trinajstić information content (AvgIpc) is 3.40. The van der Waals surface area contributed by atoms with Gasteiger partial charge in [0.2, 0.25) is 17.7 Å². The quantitative estimate of drug-likeness (QED) is 0.741. The van der Waals surface area contributed by atoms with Gasteiger partial charge in [-0.2, -0.15) is 0 Å². The van der Waals surface area contributed by atoms with Crippen LogP contribution in [0.25, 0.3) is 6.08 Å². The van der Waals surface area contributed by atoms with E-state index in [-0.39, 0.29) is 23.6 Å². The van der Waals surface area contributed by atoms with Gasteiger partial charge in [-0.05, 0) is 49.0 Å². The maximum Gasteiger partial charge on any atom is 0.249 e. The van der Waals surface area contributed by atoms with Gasteiger partial charge in [-0.3, -0.25) is 14.4 Å². The fourth-order valence-corrected chi connectivity index (χ4v) is 4.87. The molecule has 1 aromatic carbocycles. The van der Waals surface area contributed by atoms with E-state index in [2.05, 4.69) is 5.32 Å². The van der Waals surface area contributed by atoms with E-state index in [0.717, 1.165) is 12.0 Å². The summed E-state index contributed by atoms with van der Waals surface area (Å²) in [5.41, 5.74) is 7.13. The third kappa shape index (κ3) is 4.50. The molecule has 0 unspecified atom stereocenters. The summed E-state index contributed by atoms with van der Waals surface area (Å²) in [6.07, 6.45) is 5.33. The second-order valence-corrected chi connectivity index (χ2v) is 9.26. The summed E-state index contributed by atoms with van der Waals surface area (Å²) in [7, 11) is 0. The lowest BCUT2D eigenvalue weighted by atomic mass is 10.0. The molecule has 5 rings (SSSR count). The van der Waals surface area contributed by atoms with Crippen molar-refractivity contribution in [1.82, 2.24) is 15.1 Å². The molecule has 4 aliphatic rings. The van der Waals surface area contributed by atoms with Crippen LogP contribution in [0.1, 0.15) is 45.1 Å². The molecular formula is C24H32N4O4. The van der Waals surface area contributed by atoms with E-state index >= 15 is 0 Å². The minimum absolute atomic E-state index is 0.217. The highest BCUT2D eigenvalue weighted by Crippen LogP contribution is 2.30. The van der Waals surface area contributed by atoms with Crippen molar-refractivity contribution >= 4 is 23.8 Å². The third-order valence-electron chi connectivity index (χ3n) is 6.43. The van der Waals surface area contributed by atoms with Crippen molar-refractivity contribution in [3.05, 3.63) is 36.0 Å². The zero-order chi connectivity index (χ0) is 22.8. The number of nitrogens with two attached hydrogens (primary N) is 1. The minimum atomic E-state index is -0.799. The molecule has 2 bridgehead atoms. The van der Waals surface area contributed by atoms with Gasteiger partial charge in [0.25, 0.3) is 0 Å². The van der Waals surface area contributed by atoms with Crippen LogP contribution < -0.4 is 15.8 Å². The molecule has 32 heavy (non-hydrogen) atoms. The molecule has 2 saturated heterocycles. The van der Waals surface area contributed by atoms with Crippen LogP contribution in [0.4, 0.5) is 0 Å². The summed E-state index contributed by atoms with van der Waals surface area (Å²) in [6.45, 7) is 4.91. The Kier molecular flexibility index (Phi) is 6.50. The number of carbonyl (C=O) groups is 3. The summed E-state index contributed by atoms with van der Waals surface area (Å²) in [4.78, 5) is 43.0. The number of nitrogens with zero attached hydrogens (tertiary/aromatic N) is 2. The van der Waals surface area contributed by atoms with E-state index in [1.54, 1.807) is 16.0 Å². The molecule has 0 aliphatic carbocycles. The van der Waals surface area contributed by atoms with Gasteiger partial charge in [0, 0.05) is 25.7 Å². The van der Waals surface area contributed by atoms with Crippen LogP contribution in [0.15, 0.2) is 30.5 Å². The molecule has 4 aliphatic heterocycles. The highest BCUT2D eigenvalue weighted by atomic mass is 16.5. The first kappa shape index (κ1) is 22.3. The molecule has 3 N–H and O–H groups in total. The maximum atomic E-state index is 13.8. The molecule has 172 valence electrons. The van der Waals surface area contributed by atoms with Crippen molar-refractivity contribution in [2.24, 2.45) is 11.7 Å². The minimum Gasteiger partial charge on any atom is -0.488 e. The van der Waals surface area contributed by atoms with Gasteiger partial charge >= 0.3 is 0 Å². The van der Waals surface area contributed by atoms with E-state index in [1.807, 2.05) is 44.2 Å². The lowest BCUT2D eigenvalue weighted by Gasteiger charge is -2.34. The number of likely N-dealkylation sites (tertiary alicyclic amines) is 1. The highest BCUT2D eigenvalue weighted by molar-refractivity contribution is 5.94. The van der Waals surface area contributed by atoms with Crippen molar-refractivity contribution in [3.63, 3.8) is 0 Å². The molecule has 0 saturated carbocycles. The normalized spacial score (nSPS) is 26.4. The summed E-state index contributed by atoms with van der Waals surface area (Å²) in [5.74, 6) is 0.215. The number of benzene rings is 1. The molecule has 0 radical (unpaired) electrons. The lowest BCUT2D eigenvalue weighted by Crippen LogP contribution is -2.58. The van der Waals surface area contributed by atoms with Gasteiger partial charge in [0.15, 0.2) is 0 Å². The Labute approximate surface area is 188 Å². The monoisotopic (exact) mass is 440 g/mol. The lowest BCUT2D eigenvalue weighted by molar-refractivity contribution is -0.149. The Morgan fingerprint density at radius 3 is 2.66 bits per heavy atom. The fourth-order valence-electron chi connectivity index (χ4n) is 4.87. The Morgan fingerprint density at radius 1 is 1.19 bits per heavy atom. The van der Waals surface area contributed by atoms with E-state index in [0.29, 0.717) is 38.1 Å². The number of nitrogens with one attached hydrogen (secondary N) is 1. The Hall–Kier alpha value is -2.87. The number of amides is 3. The van der Waals surface area contributed by atoms with Crippen LogP contribution in [0.5, 0.6) is 5.75 Å². The predicted molar refractivity (Wildman–Crippen MR) is 120 cm³/mol. The number of fused-ring (bicyclic) bond motifs is 4. The van der Waals surface area contributed by atoms with Crippen molar-refractivity contribution in [3.8, 4) is 5.75 Å². The summed E-state index contributed by atoms with van der Waals surface area (Å²) < 4.78 is 6.22. The van der Waals surface area contributed by atoms with Crippen LogP contribution >= 0.6 is 0 Å². The van der Waals surface area contributed by atoms with Gasteiger partial charge in [-0.25, -0.2) is 0 Å². The van der Waals surface area contributed by atoms with E-state index in [9.17, 15) is 14.4 Å². The first-order valence-corrected chi connectivity index (χ1v) is 11.5. The first-order valence-electron chi connectivity index (χ1n) is 11.5. The molecule has 0 spiro atoms. The summed E-state index contributed by atoms with van der Waals surface area (Å²) in [6, 6.07) is 5.42. The Bertz CT molecular complexity index is 898. The largest absolute Gasteiger partial charge is 0.488 e. The molecule has 8 nitrogen and oxygen atoms in total. The first-order chi connectivity index (χ1) is 15.3. The molecule has 3 amide bonds. The average molecular weight is 441 g/mol. The summed E-state index contributed by atoms with van der Waals surface area (Å²) in [5, 5.41) is 2.80. The molecule has 1 aromatic rings. The van der Waals surface area contributed by atoms with Crippen molar-refractivity contribution in [2.75, 3.05) is 13.1 Å². The number of hydrogen-bond acceptors (Lipinski definition) is 5. The number of rotatable bonds is 3. The molecule has 0 aromatic heterocycles. The smallest absolute Gasteiger partial charge is 0.249 e. The van der Waals surface area contributed by atoms with Gasteiger partial charge in [0.1, 0.15) is 23.9 Å². The zero-order valence-electron chi connectivity index (χ0n) is 18.7. The van der Waals surface area contributed by atoms with Gasteiger partial charge in [-0.15, -0.1) is 0 Å². The Balaban J connectivity index is 1.68. The predicted octanol–water partition coefficient (Wildman–Crippen LogP) is 1.50. The summed E-state index contributed by atoms with van der Waals surface area (Å²) >= 11 is 0. The second kappa shape index (κ2) is 9.32. The second-order valence-electron chi connectivity index (χ2n) is 9.26. The highest BCUT2D eigenvalue weighted by Gasteiger charge is 2.48. The van der Waals surface area contributed by atoms with Gasteiger partial charge < -0.3 is 25.6 Å². The van der Waals surface area contributed by atoms with E-state index in [4.69, 9.17) is 10.5 Å². The number of ether oxygens (including phenoxy) is 1. The maximum absolute atomic E-state index is 13.8. The number of carbonyl (C=O) groups excluding carboxylic acids is 3. The topological polar surface area (TPSA) is 105 Å². The van der Waals surface area contributed by atoms with Crippen molar-refractivity contribution < 1.29 is 19.1 Å². The van der Waals surface area contributed by atoms with Crippen LogP contribution in [-0.4, -0.2) is 64.8 Å². The van der Waals surface area contributed by atoms with Crippen molar-refractivity contribution in [2.45, 2.75) is 63.8 Å². The molecular weight excluding hydrogens is 408 g/mol. The SMILES string of the molecule is CC(C)C[C@H](N)C(=O)N1CC[C@@H]2Oc3ccc(cc3)C=CNC(=O)[C@@H]3CCCN3C(=O)[C@H]21. The third-order valence-corrected chi connectivity index (χ3v) is 6.43. The molecule has 2 fully saturated rings. The van der Waals surface area contributed by atoms with Crippen LogP contribution in [-0.2, 0) is 14.4 Å². The van der Waals surface area contributed by atoms with E-state index in [1.165, 1.54) is 0 Å². The van der Waals surface area contributed by atoms with Crippen LogP contribution in [0.2, 0.25) is 0 Å². The fraction of sp³-hybridized carbons (Fsp3) is 0.542.